The third-order valence-corrected chi connectivity index (χ3v) is 4.29. The van der Waals surface area contributed by atoms with Crippen molar-refractivity contribution in [3.05, 3.63) is 17.8 Å². The number of amides is 1. The molecule has 6 nitrogen and oxygen atoms in total. The largest absolute Gasteiger partial charge is 0.397 e. The highest BCUT2D eigenvalue weighted by atomic mass is 32.2. The molecule has 0 spiro atoms. The van der Waals surface area contributed by atoms with Gasteiger partial charge in [0, 0.05) is 28.3 Å². The molecule has 0 saturated carbocycles. The Balaban J connectivity index is 2.13. The number of nitrogens with two attached hydrogens (primary N) is 2. The zero-order valence-corrected chi connectivity index (χ0v) is 10.7. The van der Waals surface area contributed by atoms with Crippen molar-refractivity contribution >= 4 is 28.2 Å². The van der Waals surface area contributed by atoms with Gasteiger partial charge in [0.25, 0.3) is 5.91 Å². The number of nitrogens with one attached hydrogen (secondary N) is 1. The van der Waals surface area contributed by atoms with Crippen molar-refractivity contribution < 1.29 is 9.00 Å². The van der Waals surface area contributed by atoms with Gasteiger partial charge in [0.2, 0.25) is 0 Å². The molecular weight excluding hydrogens is 252 g/mol. The lowest BCUT2D eigenvalue weighted by Crippen LogP contribution is -2.30. The van der Waals surface area contributed by atoms with E-state index < -0.39 is 16.7 Å². The van der Waals surface area contributed by atoms with E-state index in [9.17, 15) is 9.00 Å². The van der Waals surface area contributed by atoms with Crippen molar-refractivity contribution in [2.45, 2.75) is 18.9 Å². The molecule has 0 bridgehead atoms. The van der Waals surface area contributed by atoms with Crippen LogP contribution in [-0.4, -0.2) is 32.6 Å². The van der Waals surface area contributed by atoms with Gasteiger partial charge in [-0.05, 0) is 18.9 Å². The van der Waals surface area contributed by atoms with E-state index in [1.165, 1.54) is 12.3 Å². The molecule has 0 unspecified atom stereocenters. The highest BCUT2D eigenvalue weighted by Gasteiger charge is 2.20. The Kier molecular flexibility index (Phi) is 3.81. The van der Waals surface area contributed by atoms with Crippen LogP contribution in [0.15, 0.2) is 12.3 Å². The Labute approximate surface area is 108 Å². The number of nitrogen functional groups attached to an aromatic ring is 1. The van der Waals surface area contributed by atoms with Crippen molar-refractivity contribution in [2.24, 2.45) is 5.73 Å². The second-order valence-corrected chi connectivity index (χ2v) is 5.99. The molecule has 0 radical (unpaired) electrons. The van der Waals surface area contributed by atoms with Crippen LogP contribution in [0.4, 0.5) is 11.5 Å². The number of anilines is 2. The Bertz CT molecular complexity index is 482. The summed E-state index contributed by atoms with van der Waals surface area (Å²) >= 11 is 0. The molecule has 1 aromatic rings. The molecule has 1 aliphatic rings. The molecule has 18 heavy (non-hydrogen) atoms. The summed E-state index contributed by atoms with van der Waals surface area (Å²) in [6.45, 7) is 0. The van der Waals surface area contributed by atoms with Crippen LogP contribution in [0.2, 0.25) is 0 Å². The summed E-state index contributed by atoms with van der Waals surface area (Å²) in [5.74, 6) is 1.25. The number of carbonyl (C=O) groups excluding carboxylic acids is 1. The second-order valence-electron chi connectivity index (χ2n) is 4.30. The van der Waals surface area contributed by atoms with E-state index in [2.05, 4.69) is 10.3 Å². The Morgan fingerprint density at radius 2 is 2.11 bits per heavy atom. The van der Waals surface area contributed by atoms with Gasteiger partial charge in [-0.2, -0.15) is 0 Å². The number of hydrogen-bond acceptors (Lipinski definition) is 5. The smallest absolute Gasteiger partial charge is 0.252 e. The van der Waals surface area contributed by atoms with Gasteiger partial charge < -0.3 is 16.8 Å². The van der Waals surface area contributed by atoms with Gasteiger partial charge in [-0.3, -0.25) is 9.00 Å². The highest BCUT2D eigenvalue weighted by molar-refractivity contribution is 7.85. The van der Waals surface area contributed by atoms with E-state index >= 15 is 0 Å². The number of pyridine rings is 1. The number of rotatable bonds is 3. The lowest BCUT2D eigenvalue weighted by Gasteiger charge is -2.23. The summed E-state index contributed by atoms with van der Waals surface area (Å²) < 4.78 is 11.3. The first-order valence-corrected chi connectivity index (χ1v) is 7.22. The molecule has 0 aromatic carbocycles. The van der Waals surface area contributed by atoms with E-state index in [1.807, 2.05) is 0 Å². The van der Waals surface area contributed by atoms with Crippen molar-refractivity contribution in [2.75, 3.05) is 22.6 Å². The normalized spacial score (nSPS) is 23.6. The molecule has 0 atom stereocenters. The fourth-order valence-corrected chi connectivity index (χ4v) is 3.21. The summed E-state index contributed by atoms with van der Waals surface area (Å²) in [5, 5.41) is 3.18. The molecule has 1 aliphatic heterocycles. The van der Waals surface area contributed by atoms with Crippen LogP contribution >= 0.6 is 0 Å². The van der Waals surface area contributed by atoms with Crippen LogP contribution in [0, 0.1) is 0 Å². The molecule has 5 N–H and O–H groups in total. The predicted octanol–water partition coefficient (Wildman–Crippen LogP) is 0.0857. The molecule has 2 rings (SSSR count). The van der Waals surface area contributed by atoms with Gasteiger partial charge in [-0.15, -0.1) is 0 Å². The summed E-state index contributed by atoms with van der Waals surface area (Å²) in [5.41, 5.74) is 11.6. The fraction of sp³-hybridized carbons (Fsp3) is 0.455. The molecule has 0 aliphatic carbocycles. The first kappa shape index (κ1) is 12.8. The van der Waals surface area contributed by atoms with Crippen LogP contribution in [-0.2, 0) is 10.8 Å². The van der Waals surface area contributed by atoms with E-state index in [-0.39, 0.29) is 6.04 Å². The highest BCUT2D eigenvalue weighted by Crippen LogP contribution is 2.19. The number of carbonyl (C=O) groups is 1. The standard InChI is InChI=1S/C11H16N4O2S/c12-7-5-9(10(13)16)11(14-6-7)15-8-1-3-18(17)4-2-8/h5-6,8H,1-4,12H2,(H2,13,16)(H,14,15). The zero-order valence-electron chi connectivity index (χ0n) is 9.89. The summed E-state index contributed by atoms with van der Waals surface area (Å²) in [7, 11) is -0.709. The Morgan fingerprint density at radius 1 is 1.44 bits per heavy atom. The average molecular weight is 268 g/mol. The third-order valence-electron chi connectivity index (χ3n) is 2.90. The van der Waals surface area contributed by atoms with Crippen LogP contribution in [0.5, 0.6) is 0 Å². The van der Waals surface area contributed by atoms with Crippen LogP contribution in [0.3, 0.4) is 0 Å². The van der Waals surface area contributed by atoms with Crippen molar-refractivity contribution in [1.82, 2.24) is 4.98 Å². The molecular formula is C11H16N4O2S. The minimum absolute atomic E-state index is 0.178. The third kappa shape index (κ3) is 2.98. The monoisotopic (exact) mass is 268 g/mol. The average Bonchev–Trinajstić information content (AvgIpc) is 2.34. The van der Waals surface area contributed by atoms with E-state index in [1.54, 1.807) is 0 Å². The summed E-state index contributed by atoms with van der Waals surface area (Å²) in [6.07, 6.45) is 3.09. The maximum absolute atomic E-state index is 11.3. The number of nitrogens with zero attached hydrogens (tertiary/aromatic N) is 1. The molecule has 1 fully saturated rings. The predicted molar refractivity (Wildman–Crippen MR) is 71.7 cm³/mol. The number of hydrogen-bond donors (Lipinski definition) is 3. The molecule has 1 amide bonds. The molecule has 2 heterocycles. The number of primary amides is 1. The Hall–Kier alpha value is -1.63. The minimum Gasteiger partial charge on any atom is -0.397 e. The molecule has 7 heteroatoms. The zero-order chi connectivity index (χ0) is 13.1. The van der Waals surface area contributed by atoms with Gasteiger partial charge in [0.05, 0.1) is 17.4 Å². The maximum atomic E-state index is 11.3. The van der Waals surface area contributed by atoms with E-state index in [0.717, 1.165) is 12.8 Å². The molecule has 98 valence electrons. The van der Waals surface area contributed by atoms with Crippen LogP contribution < -0.4 is 16.8 Å². The maximum Gasteiger partial charge on any atom is 0.252 e. The second kappa shape index (κ2) is 5.34. The topological polar surface area (TPSA) is 111 Å². The quantitative estimate of drug-likeness (QED) is 0.719. The van der Waals surface area contributed by atoms with E-state index in [4.69, 9.17) is 11.5 Å². The van der Waals surface area contributed by atoms with Crippen LogP contribution in [0.1, 0.15) is 23.2 Å². The van der Waals surface area contributed by atoms with Crippen LogP contribution in [0.25, 0.3) is 0 Å². The first-order chi connectivity index (χ1) is 8.56. The van der Waals surface area contributed by atoms with Crippen molar-refractivity contribution in [3.63, 3.8) is 0 Å². The van der Waals surface area contributed by atoms with Gasteiger partial charge >= 0.3 is 0 Å². The Morgan fingerprint density at radius 3 is 2.72 bits per heavy atom. The molecule has 1 saturated heterocycles. The van der Waals surface area contributed by atoms with Gasteiger partial charge in [0.15, 0.2) is 0 Å². The number of aromatic nitrogens is 1. The van der Waals surface area contributed by atoms with Crippen molar-refractivity contribution in [3.8, 4) is 0 Å². The summed E-state index contributed by atoms with van der Waals surface area (Å²) in [6, 6.07) is 1.69. The minimum atomic E-state index is -0.709. The fourth-order valence-electron chi connectivity index (χ4n) is 1.92. The molecule has 1 aromatic heterocycles. The van der Waals surface area contributed by atoms with Gasteiger partial charge in [0.1, 0.15) is 5.82 Å². The summed E-state index contributed by atoms with van der Waals surface area (Å²) in [4.78, 5) is 15.4. The SMILES string of the molecule is NC(=O)c1cc(N)cnc1NC1CCS(=O)CC1. The van der Waals surface area contributed by atoms with E-state index in [0.29, 0.717) is 28.6 Å². The van der Waals surface area contributed by atoms with Gasteiger partial charge in [-0.1, -0.05) is 0 Å². The lowest BCUT2D eigenvalue weighted by molar-refractivity contribution is 0.100. The van der Waals surface area contributed by atoms with Crippen molar-refractivity contribution in [1.29, 1.82) is 0 Å². The lowest BCUT2D eigenvalue weighted by atomic mass is 10.1. The van der Waals surface area contributed by atoms with Gasteiger partial charge in [-0.25, -0.2) is 4.98 Å². The first-order valence-electron chi connectivity index (χ1n) is 5.73.